The van der Waals surface area contributed by atoms with E-state index in [2.05, 4.69) is 31.4 Å². The van der Waals surface area contributed by atoms with Gasteiger partial charge in [-0.05, 0) is 53.4 Å². The summed E-state index contributed by atoms with van der Waals surface area (Å²) in [7, 11) is 0. The van der Waals surface area contributed by atoms with E-state index in [1.807, 2.05) is 24.3 Å². The lowest BCUT2D eigenvalue weighted by Gasteiger charge is -2.19. The summed E-state index contributed by atoms with van der Waals surface area (Å²) in [6.07, 6.45) is 0. The third-order valence-corrected chi connectivity index (χ3v) is 5.90. The van der Waals surface area contributed by atoms with E-state index in [1.165, 1.54) is 13.0 Å². The molecule has 1 aromatic heterocycles. The zero-order chi connectivity index (χ0) is 26.7. The number of rotatable bonds is 6. The van der Waals surface area contributed by atoms with Crippen LogP contribution in [0.4, 0.5) is 11.4 Å². The largest absolute Gasteiger partial charge is 0.476 e. The van der Waals surface area contributed by atoms with Crippen LogP contribution in [-0.2, 0) is 15.0 Å². The zero-order valence-corrected chi connectivity index (χ0v) is 21.7. The summed E-state index contributed by atoms with van der Waals surface area (Å²) in [6.45, 7) is 7.34. The monoisotopic (exact) mass is 518 g/mol. The second-order valence-electron chi connectivity index (χ2n) is 9.65. The van der Waals surface area contributed by atoms with Gasteiger partial charge < -0.3 is 19.8 Å². The van der Waals surface area contributed by atoms with E-state index < -0.39 is 17.9 Å². The van der Waals surface area contributed by atoms with Gasteiger partial charge in [-0.2, -0.15) is 0 Å². The number of amides is 2. The second-order valence-corrected chi connectivity index (χ2v) is 10.1. The first-order chi connectivity index (χ1) is 17.5. The maximum atomic E-state index is 13.4. The van der Waals surface area contributed by atoms with Gasteiger partial charge in [-0.15, -0.1) is 0 Å². The average molecular weight is 519 g/mol. The highest BCUT2D eigenvalue weighted by molar-refractivity contribution is 6.31. The minimum atomic E-state index is -0.466. The first-order valence-electron chi connectivity index (χ1n) is 11.7. The quantitative estimate of drug-likeness (QED) is 0.308. The third-order valence-electron chi connectivity index (χ3n) is 5.66. The Kier molecular flexibility index (Phi) is 7.36. The van der Waals surface area contributed by atoms with Crippen molar-refractivity contribution in [1.82, 2.24) is 0 Å². The minimum absolute atomic E-state index is 0.0444. The Balaban J connectivity index is 1.62. The van der Waals surface area contributed by atoms with Crippen molar-refractivity contribution in [2.75, 3.05) is 17.2 Å². The van der Waals surface area contributed by atoms with E-state index in [1.54, 1.807) is 36.4 Å². The molecule has 0 atom stereocenters. The number of halogens is 1. The number of anilines is 2. The van der Waals surface area contributed by atoms with Crippen LogP contribution in [0.15, 0.2) is 75.9 Å². The summed E-state index contributed by atoms with van der Waals surface area (Å²) >= 11 is 6.11. The number of fused-ring (bicyclic) bond motifs is 1. The number of hydrogen-bond donors (Lipinski definition) is 2. The molecule has 0 aliphatic heterocycles. The van der Waals surface area contributed by atoms with Gasteiger partial charge in [0.1, 0.15) is 5.58 Å². The van der Waals surface area contributed by atoms with Gasteiger partial charge in [-0.25, -0.2) is 0 Å². The molecule has 0 unspecified atom stereocenters. The van der Waals surface area contributed by atoms with Crippen LogP contribution in [0.2, 0.25) is 5.02 Å². The molecule has 0 fully saturated rings. The molecule has 3 aromatic carbocycles. The molecular weight excluding hydrogens is 492 g/mol. The average Bonchev–Trinajstić information content (AvgIpc) is 2.84. The first kappa shape index (κ1) is 26.0. The molecule has 190 valence electrons. The zero-order valence-electron chi connectivity index (χ0n) is 21.0. The fourth-order valence-corrected chi connectivity index (χ4v) is 3.94. The van der Waals surface area contributed by atoms with Crippen LogP contribution in [0.5, 0.6) is 5.75 Å². The predicted octanol–water partition coefficient (Wildman–Crippen LogP) is 6.39. The molecule has 37 heavy (non-hydrogen) atoms. The van der Waals surface area contributed by atoms with Gasteiger partial charge in [0.15, 0.2) is 12.4 Å². The third kappa shape index (κ3) is 6.19. The van der Waals surface area contributed by atoms with E-state index in [-0.39, 0.29) is 28.2 Å². The molecule has 0 saturated heterocycles. The molecule has 4 aromatic rings. The van der Waals surface area contributed by atoms with Gasteiger partial charge in [-0.3, -0.25) is 14.4 Å². The fourth-order valence-electron chi connectivity index (χ4n) is 3.77. The molecule has 2 N–H and O–H groups in total. The summed E-state index contributed by atoms with van der Waals surface area (Å²) in [5, 5.41) is 6.01. The fraction of sp³-hybridized carbons (Fsp3) is 0.207. The SMILES string of the molecule is CC(=O)Nc1ccc(NC(=O)COc2c(-c3ccc(C(C)(C)C)cc3)oc3ccc(Cl)cc3c2=O)cc1. The Bertz CT molecular complexity index is 1520. The normalized spacial score (nSPS) is 11.3. The number of benzene rings is 3. The van der Waals surface area contributed by atoms with Crippen LogP contribution in [0, 0.1) is 0 Å². The van der Waals surface area contributed by atoms with Crippen molar-refractivity contribution in [2.45, 2.75) is 33.1 Å². The van der Waals surface area contributed by atoms with Crippen molar-refractivity contribution in [3.63, 3.8) is 0 Å². The van der Waals surface area contributed by atoms with Gasteiger partial charge in [0.05, 0.1) is 5.39 Å². The smallest absolute Gasteiger partial charge is 0.262 e. The number of carbonyl (C=O) groups excluding carboxylic acids is 2. The van der Waals surface area contributed by atoms with Crippen molar-refractivity contribution in [3.05, 3.63) is 87.5 Å². The van der Waals surface area contributed by atoms with Crippen LogP contribution in [0.1, 0.15) is 33.3 Å². The van der Waals surface area contributed by atoms with Crippen molar-refractivity contribution in [2.24, 2.45) is 0 Å². The highest BCUT2D eigenvalue weighted by Crippen LogP contribution is 2.33. The van der Waals surface area contributed by atoms with E-state index >= 15 is 0 Å². The van der Waals surface area contributed by atoms with E-state index in [4.69, 9.17) is 20.8 Å². The molecule has 8 heteroatoms. The summed E-state index contributed by atoms with van der Waals surface area (Å²) in [5.41, 5.74) is 2.78. The Morgan fingerprint density at radius 1 is 0.919 bits per heavy atom. The molecular formula is C29H27ClN2O5. The molecule has 7 nitrogen and oxygen atoms in total. The van der Waals surface area contributed by atoms with E-state index in [0.717, 1.165) is 5.56 Å². The number of nitrogens with one attached hydrogen (secondary N) is 2. The molecule has 0 saturated carbocycles. The molecule has 2 amide bonds. The van der Waals surface area contributed by atoms with Crippen LogP contribution >= 0.6 is 11.6 Å². The Hall–Kier alpha value is -4.10. The molecule has 0 radical (unpaired) electrons. The van der Waals surface area contributed by atoms with E-state index in [9.17, 15) is 14.4 Å². The highest BCUT2D eigenvalue weighted by atomic mass is 35.5. The van der Waals surface area contributed by atoms with Gasteiger partial charge in [0.2, 0.25) is 17.1 Å². The number of ether oxygens (including phenoxy) is 1. The lowest BCUT2D eigenvalue weighted by molar-refractivity contribution is -0.118. The van der Waals surface area contributed by atoms with Gasteiger partial charge in [0.25, 0.3) is 5.91 Å². The first-order valence-corrected chi connectivity index (χ1v) is 12.1. The molecule has 0 bridgehead atoms. The van der Waals surface area contributed by atoms with Crippen LogP contribution < -0.4 is 20.8 Å². The molecule has 0 aliphatic carbocycles. The maximum Gasteiger partial charge on any atom is 0.262 e. The standard InChI is InChI=1S/C29H27ClN2O5/c1-17(33)31-21-10-12-22(13-11-21)32-25(34)16-36-28-26(35)23-15-20(30)9-14-24(23)37-27(28)18-5-7-19(8-6-18)29(2,3)4/h5-15H,16H2,1-4H3,(H,31,33)(H,32,34). The lowest BCUT2D eigenvalue weighted by Crippen LogP contribution is -2.22. The van der Waals surface area contributed by atoms with Crippen LogP contribution in [-0.4, -0.2) is 18.4 Å². The summed E-state index contributed by atoms with van der Waals surface area (Å²) in [4.78, 5) is 37.2. The highest BCUT2D eigenvalue weighted by Gasteiger charge is 2.20. The lowest BCUT2D eigenvalue weighted by atomic mass is 9.86. The minimum Gasteiger partial charge on any atom is -0.476 e. The summed E-state index contributed by atoms with van der Waals surface area (Å²) < 4.78 is 11.8. The molecule has 1 heterocycles. The van der Waals surface area contributed by atoms with Gasteiger partial charge in [-0.1, -0.05) is 56.6 Å². The molecule has 0 aliphatic rings. The summed E-state index contributed by atoms with van der Waals surface area (Å²) in [6, 6.07) is 19.1. The van der Waals surface area contributed by atoms with Crippen LogP contribution in [0.3, 0.4) is 0 Å². The maximum absolute atomic E-state index is 13.4. The Labute approximate surface area is 219 Å². The predicted molar refractivity (Wildman–Crippen MR) is 147 cm³/mol. The number of hydrogen-bond acceptors (Lipinski definition) is 5. The van der Waals surface area contributed by atoms with Crippen molar-refractivity contribution in [3.8, 4) is 17.1 Å². The van der Waals surface area contributed by atoms with Gasteiger partial charge >= 0.3 is 0 Å². The van der Waals surface area contributed by atoms with Crippen molar-refractivity contribution >= 4 is 45.8 Å². The number of carbonyl (C=O) groups is 2. The topological polar surface area (TPSA) is 97.6 Å². The Morgan fingerprint density at radius 3 is 2.14 bits per heavy atom. The summed E-state index contributed by atoms with van der Waals surface area (Å²) in [5.74, 6) is -0.501. The molecule has 0 spiro atoms. The van der Waals surface area contributed by atoms with Gasteiger partial charge in [0, 0.05) is 28.9 Å². The second kappa shape index (κ2) is 10.5. The van der Waals surface area contributed by atoms with Crippen LogP contribution in [0.25, 0.3) is 22.3 Å². The Morgan fingerprint density at radius 2 is 1.54 bits per heavy atom. The van der Waals surface area contributed by atoms with Crippen molar-refractivity contribution < 1.29 is 18.7 Å². The molecule has 4 rings (SSSR count). The van der Waals surface area contributed by atoms with E-state index in [0.29, 0.717) is 27.5 Å². The van der Waals surface area contributed by atoms with Crippen molar-refractivity contribution in [1.29, 1.82) is 0 Å².